The lowest BCUT2D eigenvalue weighted by atomic mass is 10.2. The second-order valence-corrected chi connectivity index (χ2v) is 6.23. The highest BCUT2D eigenvalue weighted by atomic mass is 32.2. The fourth-order valence-electron chi connectivity index (χ4n) is 2.31. The van der Waals surface area contributed by atoms with Gasteiger partial charge in [-0.15, -0.1) is 0 Å². The van der Waals surface area contributed by atoms with Gasteiger partial charge >= 0.3 is 0 Å². The molecule has 0 radical (unpaired) electrons. The zero-order valence-corrected chi connectivity index (χ0v) is 14.1. The molecule has 1 heterocycles. The minimum atomic E-state index is -0.287. The molecule has 2 aromatic carbocycles. The molecule has 0 atom stereocenters. The third kappa shape index (κ3) is 4.39. The van der Waals surface area contributed by atoms with Gasteiger partial charge in [0.05, 0.1) is 5.75 Å². The molecule has 2 aromatic rings. The van der Waals surface area contributed by atoms with E-state index in [0.29, 0.717) is 17.1 Å². The van der Waals surface area contributed by atoms with Crippen molar-refractivity contribution in [2.75, 3.05) is 18.8 Å². The number of ether oxygens (including phenoxy) is 1. The van der Waals surface area contributed by atoms with Crippen LogP contribution in [0.3, 0.4) is 0 Å². The topological polar surface area (TPSA) is 75.7 Å². The number of nitrogens with zero attached hydrogens (tertiary/aromatic N) is 1. The molecule has 3 rings (SSSR count). The van der Waals surface area contributed by atoms with Crippen LogP contribution in [0.2, 0.25) is 0 Å². The van der Waals surface area contributed by atoms with E-state index in [2.05, 4.69) is 5.32 Å². The fourth-order valence-corrected chi connectivity index (χ4v) is 3.06. The number of hydrogen-bond donors (Lipinski definition) is 1. The number of amides is 3. The van der Waals surface area contributed by atoms with Crippen LogP contribution in [0, 0.1) is 0 Å². The Morgan fingerprint density at radius 1 is 1.08 bits per heavy atom. The first-order valence-corrected chi connectivity index (χ1v) is 8.70. The first kappa shape index (κ1) is 17.0. The first-order valence-electron chi connectivity index (χ1n) is 7.72. The zero-order valence-electron chi connectivity index (χ0n) is 13.3. The van der Waals surface area contributed by atoms with E-state index in [1.165, 1.54) is 0 Å². The molecule has 3 amide bonds. The van der Waals surface area contributed by atoms with E-state index in [1.54, 1.807) is 24.3 Å². The van der Waals surface area contributed by atoms with Gasteiger partial charge in [0.25, 0.3) is 11.1 Å². The summed E-state index contributed by atoms with van der Waals surface area (Å²) >= 11 is 0.980. The maximum atomic E-state index is 12.2. The van der Waals surface area contributed by atoms with Crippen LogP contribution in [0.15, 0.2) is 54.6 Å². The standard InChI is InChI=1S/C18H16N2O4S/c21-16-12-25-18(23)20(16)10-9-19-17(22)13-5-4-8-15(11-13)24-14-6-2-1-3-7-14/h1-8,11H,9-10,12H2,(H,19,22). The molecule has 0 spiro atoms. The largest absolute Gasteiger partial charge is 0.457 e. The van der Waals surface area contributed by atoms with Gasteiger partial charge in [-0.1, -0.05) is 36.0 Å². The van der Waals surface area contributed by atoms with Crippen molar-refractivity contribution in [3.8, 4) is 11.5 Å². The molecule has 1 aliphatic rings. The number of carbonyl (C=O) groups is 3. The third-order valence-corrected chi connectivity index (χ3v) is 4.40. The van der Waals surface area contributed by atoms with Crippen LogP contribution in [-0.2, 0) is 4.79 Å². The Morgan fingerprint density at radius 3 is 2.56 bits per heavy atom. The normalized spacial score (nSPS) is 13.8. The van der Waals surface area contributed by atoms with Gasteiger partial charge in [0, 0.05) is 18.7 Å². The van der Waals surface area contributed by atoms with Crippen LogP contribution in [0.4, 0.5) is 4.79 Å². The van der Waals surface area contributed by atoms with E-state index < -0.39 is 0 Å². The minimum Gasteiger partial charge on any atom is -0.457 e. The van der Waals surface area contributed by atoms with Crippen molar-refractivity contribution in [1.82, 2.24) is 10.2 Å². The number of para-hydroxylation sites is 1. The van der Waals surface area contributed by atoms with Crippen LogP contribution in [0.5, 0.6) is 11.5 Å². The van der Waals surface area contributed by atoms with Gasteiger partial charge in [-0.2, -0.15) is 0 Å². The monoisotopic (exact) mass is 356 g/mol. The molecule has 0 aromatic heterocycles. The van der Waals surface area contributed by atoms with Crippen molar-refractivity contribution in [2.45, 2.75) is 0 Å². The van der Waals surface area contributed by atoms with E-state index in [0.717, 1.165) is 16.7 Å². The van der Waals surface area contributed by atoms with Crippen molar-refractivity contribution >= 4 is 28.8 Å². The average Bonchev–Trinajstić information content (AvgIpc) is 2.95. The molecule has 128 valence electrons. The molecule has 0 bridgehead atoms. The van der Waals surface area contributed by atoms with Crippen LogP contribution < -0.4 is 10.1 Å². The van der Waals surface area contributed by atoms with Gasteiger partial charge in [0.2, 0.25) is 5.91 Å². The lowest BCUT2D eigenvalue weighted by Crippen LogP contribution is -2.37. The molecule has 1 N–H and O–H groups in total. The third-order valence-electron chi connectivity index (χ3n) is 3.54. The molecule has 6 nitrogen and oxygen atoms in total. The number of rotatable bonds is 6. The van der Waals surface area contributed by atoms with Crippen LogP contribution in [-0.4, -0.2) is 40.8 Å². The van der Waals surface area contributed by atoms with E-state index in [-0.39, 0.29) is 35.9 Å². The predicted molar refractivity (Wildman–Crippen MR) is 94.9 cm³/mol. The maximum absolute atomic E-state index is 12.2. The van der Waals surface area contributed by atoms with E-state index >= 15 is 0 Å². The number of thioether (sulfide) groups is 1. The Hall–Kier alpha value is -2.80. The van der Waals surface area contributed by atoms with Crippen molar-refractivity contribution in [3.63, 3.8) is 0 Å². The zero-order chi connectivity index (χ0) is 17.6. The minimum absolute atomic E-state index is 0.172. The summed E-state index contributed by atoms with van der Waals surface area (Å²) in [5, 5.41) is 2.44. The van der Waals surface area contributed by atoms with Gasteiger partial charge in [-0.25, -0.2) is 0 Å². The number of nitrogens with one attached hydrogen (secondary N) is 1. The smallest absolute Gasteiger partial charge is 0.288 e. The quantitative estimate of drug-likeness (QED) is 0.861. The molecule has 1 saturated heterocycles. The SMILES string of the molecule is O=C(NCCN1C(=O)CSC1=O)c1cccc(Oc2ccccc2)c1. The summed E-state index contributed by atoms with van der Waals surface area (Å²) < 4.78 is 5.70. The molecular formula is C18H16N2O4S. The lowest BCUT2D eigenvalue weighted by molar-refractivity contribution is -0.124. The maximum Gasteiger partial charge on any atom is 0.288 e. The Morgan fingerprint density at radius 2 is 1.84 bits per heavy atom. The number of carbonyl (C=O) groups excluding carboxylic acids is 3. The Kier molecular flexibility index (Phi) is 5.35. The lowest BCUT2D eigenvalue weighted by Gasteiger charge is -2.13. The second kappa shape index (κ2) is 7.85. The molecule has 0 saturated carbocycles. The molecular weight excluding hydrogens is 340 g/mol. The summed E-state index contributed by atoms with van der Waals surface area (Å²) in [5.41, 5.74) is 0.446. The predicted octanol–water partition coefficient (Wildman–Crippen LogP) is 2.90. The van der Waals surface area contributed by atoms with E-state index in [4.69, 9.17) is 4.74 Å². The summed E-state index contributed by atoms with van der Waals surface area (Å²) in [5.74, 6) is 0.905. The van der Waals surface area contributed by atoms with Crippen LogP contribution in [0.1, 0.15) is 10.4 Å². The van der Waals surface area contributed by atoms with Gasteiger partial charge in [-0.05, 0) is 30.3 Å². The highest BCUT2D eigenvalue weighted by molar-refractivity contribution is 8.14. The Bertz CT molecular complexity index is 779. The number of hydrogen-bond acceptors (Lipinski definition) is 5. The Labute approximate surface area is 149 Å². The fraction of sp³-hybridized carbons (Fsp3) is 0.167. The van der Waals surface area contributed by atoms with Gasteiger partial charge in [-0.3, -0.25) is 19.3 Å². The highest BCUT2D eigenvalue weighted by Gasteiger charge is 2.29. The van der Waals surface area contributed by atoms with Gasteiger partial charge in [0.1, 0.15) is 11.5 Å². The van der Waals surface area contributed by atoms with Gasteiger partial charge in [0.15, 0.2) is 0 Å². The van der Waals surface area contributed by atoms with Crippen molar-refractivity contribution < 1.29 is 19.1 Å². The Balaban J connectivity index is 1.56. The molecule has 25 heavy (non-hydrogen) atoms. The summed E-state index contributed by atoms with van der Waals surface area (Å²) in [7, 11) is 0. The molecule has 1 aliphatic heterocycles. The first-order chi connectivity index (χ1) is 12.1. The molecule has 0 unspecified atom stereocenters. The van der Waals surface area contributed by atoms with E-state index in [1.807, 2.05) is 30.3 Å². The van der Waals surface area contributed by atoms with Crippen LogP contribution in [0.25, 0.3) is 0 Å². The van der Waals surface area contributed by atoms with Gasteiger partial charge < -0.3 is 10.1 Å². The summed E-state index contributed by atoms with van der Waals surface area (Å²) in [6, 6.07) is 16.1. The van der Waals surface area contributed by atoms with Crippen molar-refractivity contribution in [3.05, 3.63) is 60.2 Å². The summed E-state index contributed by atoms with van der Waals surface area (Å²) in [6.45, 7) is 0.386. The molecule has 1 fully saturated rings. The molecule has 7 heteroatoms. The average molecular weight is 356 g/mol. The van der Waals surface area contributed by atoms with Crippen molar-refractivity contribution in [2.24, 2.45) is 0 Å². The summed E-state index contributed by atoms with van der Waals surface area (Å²) in [4.78, 5) is 36.4. The summed E-state index contributed by atoms with van der Waals surface area (Å²) in [6.07, 6.45) is 0. The van der Waals surface area contributed by atoms with Crippen molar-refractivity contribution in [1.29, 1.82) is 0 Å². The number of imide groups is 1. The highest BCUT2D eigenvalue weighted by Crippen LogP contribution is 2.22. The van der Waals surface area contributed by atoms with Crippen LogP contribution >= 0.6 is 11.8 Å². The van der Waals surface area contributed by atoms with E-state index in [9.17, 15) is 14.4 Å². The number of benzene rings is 2. The second-order valence-electron chi connectivity index (χ2n) is 5.30. The molecule has 0 aliphatic carbocycles.